The number of likely N-dealkylation sites (tertiary alicyclic amines) is 1. The van der Waals surface area contributed by atoms with Crippen LogP contribution >= 0.6 is 0 Å². The standard InChI is InChI=1S/C15H19NO/c1-4-13-10-11-15(2,3)16(13)14(17)12-8-6-5-7-9-12/h4-9,13H,1,10-11H2,2-3H3. The highest BCUT2D eigenvalue weighted by molar-refractivity contribution is 5.95. The molecule has 0 N–H and O–H groups in total. The zero-order valence-electron chi connectivity index (χ0n) is 10.5. The third-order valence-corrected chi connectivity index (χ3v) is 3.55. The molecule has 1 aromatic carbocycles. The molecule has 1 saturated heterocycles. The van der Waals surface area contributed by atoms with Crippen LogP contribution in [-0.4, -0.2) is 22.4 Å². The fourth-order valence-electron chi connectivity index (χ4n) is 2.57. The van der Waals surface area contributed by atoms with E-state index in [4.69, 9.17) is 0 Å². The van der Waals surface area contributed by atoms with Crippen LogP contribution in [0, 0.1) is 0 Å². The highest BCUT2D eigenvalue weighted by Gasteiger charge is 2.41. The minimum Gasteiger partial charge on any atom is -0.327 e. The Bertz CT molecular complexity index is 422. The number of hydrogen-bond acceptors (Lipinski definition) is 1. The number of rotatable bonds is 2. The fourth-order valence-corrected chi connectivity index (χ4v) is 2.57. The molecule has 1 aliphatic heterocycles. The van der Waals surface area contributed by atoms with Crippen molar-refractivity contribution in [3.8, 4) is 0 Å². The lowest BCUT2D eigenvalue weighted by atomic mass is 10.0. The molecular formula is C15H19NO. The van der Waals surface area contributed by atoms with Gasteiger partial charge in [-0.3, -0.25) is 4.79 Å². The van der Waals surface area contributed by atoms with Gasteiger partial charge in [-0.15, -0.1) is 6.58 Å². The number of benzene rings is 1. The molecule has 0 aromatic heterocycles. The van der Waals surface area contributed by atoms with Crippen LogP contribution in [0.1, 0.15) is 37.0 Å². The van der Waals surface area contributed by atoms with E-state index in [0.29, 0.717) is 0 Å². The maximum atomic E-state index is 12.5. The van der Waals surface area contributed by atoms with E-state index in [0.717, 1.165) is 18.4 Å². The monoisotopic (exact) mass is 229 g/mol. The van der Waals surface area contributed by atoms with Crippen molar-refractivity contribution in [2.45, 2.75) is 38.3 Å². The highest BCUT2D eigenvalue weighted by atomic mass is 16.2. The second kappa shape index (κ2) is 4.36. The van der Waals surface area contributed by atoms with Crippen molar-refractivity contribution in [3.63, 3.8) is 0 Å². The van der Waals surface area contributed by atoms with Gasteiger partial charge in [0.15, 0.2) is 0 Å². The maximum absolute atomic E-state index is 12.5. The average molecular weight is 229 g/mol. The molecule has 1 unspecified atom stereocenters. The molecule has 1 amide bonds. The first-order chi connectivity index (χ1) is 8.06. The van der Waals surface area contributed by atoms with Crippen LogP contribution < -0.4 is 0 Å². The molecule has 1 atom stereocenters. The zero-order valence-corrected chi connectivity index (χ0v) is 10.5. The van der Waals surface area contributed by atoms with E-state index < -0.39 is 0 Å². The molecule has 1 aromatic rings. The van der Waals surface area contributed by atoms with E-state index in [1.807, 2.05) is 41.3 Å². The molecule has 90 valence electrons. The third kappa shape index (κ3) is 2.12. The first kappa shape index (κ1) is 11.9. The molecule has 2 heteroatoms. The summed E-state index contributed by atoms with van der Waals surface area (Å²) in [5, 5.41) is 0. The molecule has 0 aliphatic carbocycles. The van der Waals surface area contributed by atoms with Crippen molar-refractivity contribution < 1.29 is 4.79 Å². The summed E-state index contributed by atoms with van der Waals surface area (Å²) in [6, 6.07) is 9.64. The second-order valence-corrected chi connectivity index (χ2v) is 5.20. The molecule has 0 bridgehead atoms. The number of carbonyl (C=O) groups is 1. The predicted molar refractivity (Wildman–Crippen MR) is 69.9 cm³/mol. The van der Waals surface area contributed by atoms with Crippen LogP contribution in [0.15, 0.2) is 43.0 Å². The molecule has 1 fully saturated rings. The number of carbonyl (C=O) groups excluding carboxylic acids is 1. The summed E-state index contributed by atoms with van der Waals surface area (Å²) in [5.74, 6) is 0.109. The summed E-state index contributed by atoms with van der Waals surface area (Å²) in [6.45, 7) is 8.09. The summed E-state index contributed by atoms with van der Waals surface area (Å²) >= 11 is 0. The summed E-state index contributed by atoms with van der Waals surface area (Å²) in [7, 11) is 0. The molecular weight excluding hydrogens is 210 g/mol. The molecule has 0 spiro atoms. The van der Waals surface area contributed by atoms with Crippen molar-refractivity contribution in [1.29, 1.82) is 0 Å². The molecule has 2 nitrogen and oxygen atoms in total. The molecule has 1 heterocycles. The lowest BCUT2D eigenvalue weighted by molar-refractivity contribution is 0.0601. The molecule has 2 rings (SSSR count). The van der Waals surface area contributed by atoms with Gasteiger partial charge >= 0.3 is 0 Å². The van der Waals surface area contributed by atoms with Gasteiger partial charge in [-0.1, -0.05) is 24.3 Å². The van der Waals surface area contributed by atoms with E-state index >= 15 is 0 Å². The SMILES string of the molecule is C=CC1CCC(C)(C)N1C(=O)c1ccccc1. The maximum Gasteiger partial charge on any atom is 0.254 e. The average Bonchev–Trinajstić information content (AvgIpc) is 2.64. The van der Waals surface area contributed by atoms with Gasteiger partial charge in [0.05, 0.1) is 6.04 Å². The lowest BCUT2D eigenvalue weighted by Gasteiger charge is -2.35. The van der Waals surface area contributed by atoms with Crippen molar-refractivity contribution in [3.05, 3.63) is 48.6 Å². The number of nitrogens with zero attached hydrogens (tertiary/aromatic N) is 1. The van der Waals surface area contributed by atoms with Gasteiger partial charge in [-0.25, -0.2) is 0 Å². The van der Waals surface area contributed by atoms with Crippen LogP contribution in [-0.2, 0) is 0 Å². The van der Waals surface area contributed by atoms with E-state index in [1.165, 1.54) is 0 Å². The van der Waals surface area contributed by atoms with Gasteiger partial charge in [0, 0.05) is 11.1 Å². The topological polar surface area (TPSA) is 20.3 Å². The number of hydrogen-bond donors (Lipinski definition) is 0. The Morgan fingerprint density at radius 1 is 1.41 bits per heavy atom. The number of amides is 1. The molecule has 0 saturated carbocycles. The van der Waals surface area contributed by atoms with Gasteiger partial charge < -0.3 is 4.90 Å². The zero-order chi connectivity index (χ0) is 12.5. The fraction of sp³-hybridized carbons (Fsp3) is 0.400. The smallest absolute Gasteiger partial charge is 0.254 e. The van der Waals surface area contributed by atoms with Crippen LogP contribution in [0.5, 0.6) is 0 Å². The summed E-state index contributed by atoms with van der Waals surface area (Å²) < 4.78 is 0. The van der Waals surface area contributed by atoms with Gasteiger partial charge in [0.1, 0.15) is 0 Å². The van der Waals surface area contributed by atoms with Gasteiger partial charge in [-0.05, 0) is 38.8 Å². The normalized spacial score (nSPS) is 22.5. The Hall–Kier alpha value is -1.57. The van der Waals surface area contributed by atoms with Gasteiger partial charge in [0.2, 0.25) is 0 Å². The molecule has 0 radical (unpaired) electrons. The quantitative estimate of drug-likeness (QED) is 0.713. The Balaban J connectivity index is 2.32. The minimum atomic E-state index is -0.0776. The highest BCUT2D eigenvalue weighted by Crippen LogP contribution is 2.35. The summed E-state index contributed by atoms with van der Waals surface area (Å²) in [4.78, 5) is 14.5. The van der Waals surface area contributed by atoms with Crippen LogP contribution in [0.2, 0.25) is 0 Å². The van der Waals surface area contributed by atoms with E-state index in [2.05, 4.69) is 20.4 Å². The van der Waals surface area contributed by atoms with E-state index in [1.54, 1.807) is 0 Å². The van der Waals surface area contributed by atoms with Crippen molar-refractivity contribution >= 4 is 5.91 Å². The van der Waals surface area contributed by atoms with Crippen molar-refractivity contribution in [1.82, 2.24) is 4.90 Å². The van der Waals surface area contributed by atoms with Crippen LogP contribution in [0.3, 0.4) is 0 Å². The summed E-state index contributed by atoms with van der Waals surface area (Å²) in [5.41, 5.74) is 0.681. The largest absolute Gasteiger partial charge is 0.327 e. The first-order valence-electron chi connectivity index (χ1n) is 6.07. The van der Waals surface area contributed by atoms with Crippen LogP contribution in [0.4, 0.5) is 0 Å². The Kier molecular flexibility index (Phi) is 3.05. The minimum absolute atomic E-state index is 0.0776. The molecule has 17 heavy (non-hydrogen) atoms. The molecule has 1 aliphatic rings. The van der Waals surface area contributed by atoms with Gasteiger partial charge in [0.25, 0.3) is 5.91 Å². The van der Waals surface area contributed by atoms with Crippen LogP contribution in [0.25, 0.3) is 0 Å². The lowest BCUT2D eigenvalue weighted by Crippen LogP contribution is -2.46. The summed E-state index contributed by atoms with van der Waals surface area (Å²) in [6.07, 6.45) is 3.92. The van der Waals surface area contributed by atoms with Crippen molar-refractivity contribution in [2.24, 2.45) is 0 Å². The Labute approximate surface area is 103 Å². The predicted octanol–water partition coefficient (Wildman–Crippen LogP) is 3.26. The third-order valence-electron chi connectivity index (χ3n) is 3.55. The van der Waals surface area contributed by atoms with E-state index in [-0.39, 0.29) is 17.5 Å². The Morgan fingerprint density at radius 2 is 2.06 bits per heavy atom. The van der Waals surface area contributed by atoms with Crippen molar-refractivity contribution in [2.75, 3.05) is 0 Å². The van der Waals surface area contributed by atoms with E-state index in [9.17, 15) is 4.79 Å². The Morgan fingerprint density at radius 3 is 2.65 bits per heavy atom. The second-order valence-electron chi connectivity index (χ2n) is 5.20. The first-order valence-corrected chi connectivity index (χ1v) is 6.07. The van der Waals surface area contributed by atoms with Gasteiger partial charge in [-0.2, -0.15) is 0 Å².